The van der Waals surface area contributed by atoms with Crippen molar-refractivity contribution in [2.45, 2.75) is 20.3 Å². The van der Waals surface area contributed by atoms with Gasteiger partial charge in [-0.15, -0.1) is 0 Å². The fourth-order valence-corrected chi connectivity index (χ4v) is 0.992. The van der Waals surface area contributed by atoms with E-state index in [4.69, 9.17) is 0 Å². The van der Waals surface area contributed by atoms with Crippen LogP contribution < -0.4 is 0 Å². The van der Waals surface area contributed by atoms with Gasteiger partial charge >= 0.3 is 0 Å². The Morgan fingerprint density at radius 2 is 2.10 bits per heavy atom. The molecule has 0 aromatic carbocycles. The molecule has 0 aromatic heterocycles. The van der Waals surface area contributed by atoms with Crippen LogP contribution in [0.25, 0.3) is 0 Å². The first-order chi connectivity index (χ1) is 4.75. The molecule has 1 nitrogen and oxygen atoms in total. The summed E-state index contributed by atoms with van der Waals surface area (Å²) < 4.78 is 0. The molecule has 0 aromatic rings. The van der Waals surface area contributed by atoms with Gasteiger partial charge in [0.15, 0.2) is 5.78 Å². The second-order valence-electron chi connectivity index (χ2n) is 2.42. The van der Waals surface area contributed by atoms with Crippen LogP contribution in [0.5, 0.6) is 0 Å². The van der Waals surface area contributed by atoms with Gasteiger partial charge in [-0.1, -0.05) is 19.1 Å². The van der Waals surface area contributed by atoms with Crippen LogP contribution in [0.1, 0.15) is 20.3 Å². The first-order valence-corrected chi connectivity index (χ1v) is 3.51. The lowest BCUT2D eigenvalue weighted by Gasteiger charge is -2.07. The van der Waals surface area contributed by atoms with Crippen molar-refractivity contribution < 1.29 is 4.79 Å². The highest BCUT2D eigenvalue weighted by Gasteiger charge is 2.11. The summed E-state index contributed by atoms with van der Waals surface area (Å²) in [6.07, 6.45) is 6.49. The Labute approximate surface area is 61.4 Å². The molecule has 0 unspecified atom stereocenters. The summed E-state index contributed by atoms with van der Waals surface area (Å²) >= 11 is 0. The predicted octanol–water partition coefficient (Wildman–Crippen LogP) is 2.06. The van der Waals surface area contributed by atoms with Crippen LogP contribution >= 0.6 is 0 Å². The number of Topliss-reactive ketones (excluding diaryl/α,β-unsaturated/α-hetero) is 1. The molecule has 0 saturated carbocycles. The number of carbonyl (C=O) groups excluding carboxylic acids is 1. The van der Waals surface area contributed by atoms with Gasteiger partial charge in [-0.05, 0) is 24.5 Å². The summed E-state index contributed by atoms with van der Waals surface area (Å²) in [6.45, 7) is 3.84. The summed E-state index contributed by atoms with van der Waals surface area (Å²) in [5.74, 6) is 0.199. The number of carbonyl (C=O) groups is 1. The third-order valence-electron chi connectivity index (χ3n) is 1.67. The molecule has 1 aliphatic rings. The molecule has 53 valence electrons. The maximum Gasteiger partial charge on any atom is 0.184 e. The van der Waals surface area contributed by atoms with E-state index in [1.807, 2.05) is 32.4 Å². The first-order valence-electron chi connectivity index (χ1n) is 3.51. The van der Waals surface area contributed by atoms with Gasteiger partial charge in [-0.25, -0.2) is 0 Å². The smallest absolute Gasteiger partial charge is 0.184 e. The SMILES string of the molecule is CCC1=C[CH]C=C(C)C1=O. The van der Waals surface area contributed by atoms with E-state index in [-0.39, 0.29) is 5.78 Å². The fraction of sp³-hybridized carbons (Fsp3) is 0.333. The van der Waals surface area contributed by atoms with Gasteiger partial charge in [-0.3, -0.25) is 4.79 Å². The molecule has 10 heavy (non-hydrogen) atoms. The molecule has 0 bridgehead atoms. The van der Waals surface area contributed by atoms with E-state index in [1.165, 1.54) is 0 Å². The maximum absolute atomic E-state index is 11.2. The minimum atomic E-state index is 0.199. The van der Waals surface area contributed by atoms with Gasteiger partial charge in [0.2, 0.25) is 0 Å². The van der Waals surface area contributed by atoms with E-state index in [2.05, 4.69) is 0 Å². The number of ketones is 1. The van der Waals surface area contributed by atoms with Crippen molar-refractivity contribution in [3.8, 4) is 0 Å². The topological polar surface area (TPSA) is 17.1 Å². The Kier molecular flexibility index (Phi) is 2.05. The fourth-order valence-electron chi connectivity index (χ4n) is 0.992. The number of hydrogen-bond donors (Lipinski definition) is 0. The van der Waals surface area contributed by atoms with Crippen LogP contribution in [0.15, 0.2) is 23.3 Å². The molecular weight excluding hydrogens is 124 g/mol. The molecule has 0 spiro atoms. The standard InChI is InChI=1S/C9H11O/c1-3-8-6-4-5-7(2)9(8)10/h4-6H,3H2,1-2H3. The number of hydrogen-bond acceptors (Lipinski definition) is 1. The van der Waals surface area contributed by atoms with Crippen LogP contribution in [0.2, 0.25) is 0 Å². The van der Waals surface area contributed by atoms with E-state index in [0.29, 0.717) is 0 Å². The van der Waals surface area contributed by atoms with E-state index < -0.39 is 0 Å². The Balaban J connectivity index is 2.80. The third kappa shape index (κ3) is 1.18. The van der Waals surface area contributed by atoms with Crippen molar-refractivity contribution >= 4 is 5.78 Å². The zero-order valence-corrected chi connectivity index (χ0v) is 6.35. The monoisotopic (exact) mass is 135 g/mol. The van der Waals surface area contributed by atoms with Crippen molar-refractivity contribution in [2.24, 2.45) is 0 Å². The van der Waals surface area contributed by atoms with Crippen molar-refractivity contribution in [1.29, 1.82) is 0 Å². The third-order valence-corrected chi connectivity index (χ3v) is 1.67. The van der Waals surface area contributed by atoms with Crippen LogP contribution in [-0.2, 0) is 4.79 Å². The van der Waals surface area contributed by atoms with Gasteiger partial charge in [0.1, 0.15) is 0 Å². The first kappa shape index (κ1) is 7.26. The second kappa shape index (κ2) is 2.82. The minimum Gasteiger partial charge on any atom is -0.289 e. The zero-order valence-electron chi connectivity index (χ0n) is 6.35. The highest BCUT2D eigenvalue weighted by Crippen LogP contribution is 2.15. The minimum absolute atomic E-state index is 0.199. The molecule has 0 aliphatic heterocycles. The van der Waals surface area contributed by atoms with Gasteiger partial charge in [0.25, 0.3) is 0 Å². The summed E-state index contributed by atoms with van der Waals surface area (Å²) in [4.78, 5) is 11.2. The number of allylic oxidation sites excluding steroid dienone is 4. The molecule has 0 N–H and O–H groups in total. The van der Waals surface area contributed by atoms with E-state index >= 15 is 0 Å². The summed E-state index contributed by atoms with van der Waals surface area (Å²) in [5, 5.41) is 0. The predicted molar refractivity (Wildman–Crippen MR) is 41.4 cm³/mol. The Morgan fingerprint density at radius 1 is 1.40 bits per heavy atom. The molecule has 0 saturated heterocycles. The molecular formula is C9H11O. The molecule has 1 radical (unpaired) electrons. The molecule has 0 amide bonds. The van der Waals surface area contributed by atoms with E-state index in [0.717, 1.165) is 17.6 Å². The van der Waals surface area contributed by atoms with Crippen molar-refractivity contribution in [1.82, 2.24) is 0 Å². The summed E-state index contributed by atoms with van der Waals surface area (Å²) in [6, 6.07) is 0. The van der Waals surface area contributed by atoms with Crippen molar-refractivity contribution in [3.05, 3.63) is 29.7 Å². The normalized spacial score (nSPS) is 18.4. The van der Waals surface area contributed by atoms with Gasteiger partial charge in [0.05, 0.1) is 0 Å². The zero-order chi connectivity index (χ0) is 7.56. The average molecular weight is 135 g/mol. The largest absolute Gasteiger partial charge is 0.289 e. The van der Waals surface area contributed by atoms with Crippen molar-refractivity contribution in [3.63, 3.8) is 0 Å². The second-order valence-corrected chi connectivity index (χ2v) is 2.42. The Hall–Kier alpha value is -0.850. The van der Waals surface area contributed by atoms with Crippen LogP contribution in [0.4, 0.5) is 0 Å². The maximum atomic E-state index is 11.2. The van der Waals surface area contributed by atoms with Crippen LogP contribution in [0.3, 0.4) is 0 Å². The summed E-state index contributed by atoms with van der Waals surface area (Å²) in [5.41, 5.74) is 1.76. The summed E-state index contributed by atoms with van der Waals surface area (Å²) in [7, 11) is 0. The average Bonchev–Trinajstić information content (AvgIpc) is 1.95. The lowest BCUT2D eigenvalue weighted by molar-refractivity contribution is -0.112. The molecule has 1 aliphatic carbocycles. The van der Waals surface area contributed by atoms with Crippen LogP contribution in [-0.4, -0.2) is 5.78 Å². The molecule has 0 fully saturated rings. The molecule has 0 atom stereocenters. The highest BCUT2D eigenvalue weighted by atomic mass is 16.1. The van der Waals surface area contributed by atoms with E-state index in [9.17, 15) is 4.79 Å². The number of rotatable bonds is 1. The van der Waals surface area contributed by atoms with Gasteiger partial charge in [-0.2, -0.15) is 0 Å². The molecule has 1 heteroatoms. The Bertz CT molecular complexity index is 209. The highest BCUT2D eigenvalue weighted by molar-refractivity contribution is 6.09. The van der Waals surface area contributed by atoms with Crippen LogP contribution in [0, 0.1) is 6.42 Å². The molecule has 1 rings (SSSR count). The van der Waals surface area contributed by atoms with Crippen molar-refractivity contribution in [2.75, 3.05) is 0 Å². The van der Waals surface area contributed by atoms with Gasteiger partial charge in [0, 0.05) is 6.42 Å². The van der Waals surface area contributed by atoms with Gasteiger partial charge < -0.3 is 0 Å². The Morgan fingerprint density at radius 3 is 2.60 bits per heavy atom. The lowest BCUT2D eigenvalue weighted by Crippen LogP contribution is -2.06. The quantitative estimate of drug-likeness (QED) is 0.537. The molecule has 0 heterocycles. The van der Waals surface area contributed by atoms with E-state index in [1.54, 1.807) is 0 Å². The lowest BCUT2D eigenvalue weighted by atomic mass is 9.96.